The van der Waals surface area contributed by atoms with Gasteiger partial charge in [-0.25, -0.2) is 4.98 Å². The number of carbonyl (C=O) groups is 1. The zero-order valence-electron chi connectivity index (χ0n) is 15.8. The average molecular weight is 378 g/mol. The van der Waals surface area contributed by atoms with Crippen LogP contribution in [0, 0.1) is 6.92 Å². The van der Waals surface area contributed by atoms with E-state index in [2.05, 4.69) is 20.3 Å². The van der Waals surface area contributed by atoms with Crippen molar-refractivity contribution in [2.24, 2.45) is 0 Å². The largest absolute Gasteiger partial charge is 0.387 e. The summed E-state index contributed by atoms with van der Waals surface area (Å²) in [7, 11) is 0. The van der Waals surface area contributed by atoms with E-state index in [0.717, 1.165) is 34.0 Å². The second-order valence-electron chi connectivity index (χ2n) is 6.97. The van der Waals surface area contributed by atoms with Crippen LogP contribution in [0.15, 0.2) is 36.8 Å². The zero-order chi connectivity index (χ0) is 19.7. The Hall–Kier alpha value is -2.90. The molecule has 1 unspecified atom stereocenters. The summed E-state index contributed by atoms with van der Waals surface area (Å²) in [5.41, 5.74) is 3.37. The molecule has 2 atom stereocenters. The molecule has 1 amide bonds. The summed E-state index contributed by atoms with van der Waals surface area (Å²) in [4.78, 5) is 25.2. The fourth-order valence-electron chi connectivity index (χ4n) is 3.14. The number of aliphatic hydroxyl groups excluding tert-OH is 1. The van der Waals surface area contributed by atoms with E-state index in [4.69, 9.17) is 4.74 Å². The molecule has 0 aliphatic carbocycles. The highest BCUT2D eigenvalue weighted by Gasteiger charge is 2.26. The molecule has 1 aliphatic rings. The molecule has 1 saturated heterocycles. The number of nitrogens with one attached hydrogen (secondary N) is 1. The number of nitrogens with zero attached hydrogens (tertiary/aromatic N) is 3. The minimum Gasteiger partial charge on any atom is -0.387 e. The van der Waals surface area contributed by atoms with Crippen molar-refractivity contribution < 1.29 is 14.6 Å². The van der Waals surface area contributed by atoms with Crippen molar-refractivity contribution in [2.75, 3.05) is 11.9 Å². The summed E-state index contributed by atoms with van der Waals surface area (Å²) in [5, 5.41) is 14.5. The smallest absolute Gasteiger partial charge is 0.254 e. The quantitative estimate of drug-likeness (QED) is 0.708. The number of amides is 1. The molecule has 4 heterocycles. The fraction of sp³-hybridized carbons (Fsp3) is 0.333. The molecule has 0 bridgehead atoms. The summed E-state index contributed by atoms with van der Waals surface area (Å²) in [6.07, 6.45) is 5.66. The number of ether oxygens (including phenoxy) is 1. The number of aromatic nitrogens is 3. The standard InChI is InChI=1S/C21H22N4O3/c1-3-18(26)17-6-12(2)15(11-23-17)16-7-13-10-24-20(8-14(13)9-22-16)25-21(27)19-4-5-28-19/h6-11,18-19,26H,3-5H2,1-2H3,(H,24,25,27)/t18?,19-/m1/s1. The van der Waals surface area contributed by atoms with Gasteiger partial charge in [-0.15, -0.1) is 0 Å². The van der Waals surface area contributed by atoms with Gasteiger partial charge in [0.2, 0.25) is 0 Å². The third-order valence-electron chi connectivity index (χ3n) is 4.98. The molecule has 0 spiro atoms. The van der Waals surface area contributed by atoms with Crippen molar-refractivity contribution in [1.29, 1.82) is 0 Å². The molecule has 28 heavy (non-hydrogen) atoms. The van der Waals surface area contributed by atoms with Gasteiger partial charge in [0.25, 0.3) is 5.91 Å². The maximum absolute atomic E-state index is 12.0. The predicted octanol–water partition coefficient (Wildman–Crippen LogP) is 3.17. The summed E-state index contributed by atoms with van der Waals surface area (Å²) < 4.78 is 5.18. The van der Waals surface area contributed by atoms with Gasteiger partial charge in [0.15, 0.2) is 0 Å². The number of hydrogen-bond acceptors (Lipinski definition) is 6. The van der Waals surface area contributed by atoms with Crippen LogP contribution in [0.4, 0.5) is 5.82 Å². The van der Waals surface area contributed by atoms with E-state index in [0.29, 0.717) is 24.5 Å². The minimum absolute atomic E-state index is 0.168. The highest BCUT2D eigenvalue weighted by atomic mass is 16.5. The van der Waals surface area contributed by atoms with Gasteiger partial charge in [0.05, 0.1) is 24.1 Å². The van der Waals surface area contributed by atoms with E-state index in [9.17, 15) is 9.90 Å². The molecule has 0 saturated carbocycles. The first-order valence-corrected chi connectivity index (χ1v) is 9.38. The van der Waals surface area contributed by atoms with Gasteiger partial charge in [-0.2, -0.15) is 0 Å². The Balaban J connectivity index is 1.59. The van der Waals surface area contributed by atoms with Gasteiger partial charge in [-0.1, -0.05) is 6.92 Å². The third-order valence-corrected chi connectivity index (χ3v) is 4.98. The minimum atomic E-state index is -0.555. The zero-order valence-corrected chi connectivity index (χ0v) is 15.8. The van der Waals surface area contributed by atoms with E-state index in [-0.39, 0.29) is 12.0 Å². The Morgan fingerprint density at radius 3 is 2.64 bits per heavy atom. The molecule has 144 valence electrons. The van der Waals surface area contributed by atoms with Crippen molar-refractivity contribution in [3.63, 3.8) is 0 Å². The van der Waals surface area contributed by atoms with Crippen molar-refractivity contribution >= 4 is 22.5 Å². The molecule has 1 aliphatic heterocycles. The van der Waals surface area contributed by atoms with Crippen LogP contribution in [0.5, 0.6) is 0 Å². The number of anilines is 1. The van der Waals surface area contributed by atoms with Gasteiger partial charge in [0.1, 0.15) is 11.9 Å². The molecule has 7 nitrogen and oxygen atoms in total. The molecule has 3 aromatic heterocycles. The maximum Gasteiger partial charge on any atom is 0.254 e. The number of pyridine rings is 3. The average Bonchev–Trinajstić information content (AvgIpc) is 2.65. The van der Waals surface area contributed by atoms with E-state index >= 15 is 0 Å². The third kappa shape index (κ3) is 3.58. The Labute approximate surface area is 162 Å². The van der Waals surface area contributed by atoms with Crippen LogP contribution in [-0.2, 0) is 9.53 Å². The van der Waals surface area contributed by atoms with Crippen LogP contribution in [0.25, 0.3) is 22.0 Å². The molecular weight excluding hydrogens is 356 g/mol. The first kappa shape index (κ1) is 18.5. The highest BCUT2D eigenvalue weighted by molar-refractivity contribution is 5.96. The first-order valence-electron chi connectivity index (χ1n) is 9.38. The molecule has 1 fully saturated rings. The maximum atomic E-state index is 12.0. The summed E-state index contributed by atoms with van der Waals surface area (Å²) >= 11 is 0. The van der Waals surface area contributed by atoms with Crippen LogP contribution in [-0.4, -0.2) is 38.7 Å². The molecule has 0 radical (unpaired) electrons. The summed E-state index contributed by atoms with van der Waals surface area (Å²) in [6, 6.07) is 5.65. The van der Waals surface area contributed by atoms with E-state index in [1.807, 2.05) is 26.0 Å². The van der Waals surface area contributed by atoms with Crippen LogP contribution >= 0.6 is 0 Å². The molecule has 2 N–H and O–H groups in total. The molecule has 0 aromatic carbocycles. The van der Waals surface area contributed by atoms with Gasteiger partial charge < -0.3 is 15.2 Å². The predicted molar refractivity (Wildman–Crippen MR) is 106 cm³/mol. The van der Waals surface area contributed by atoms with Crippen molar-refractivity contribution in [1.82, 2.24) is 15.0 Å². The Kier molecular flexibility index (Phi) is 5.02. The lowest BCUT2D eigenvalue weighted by Crippen LogP contribution is -2.39. The number of fused-ring (bicyclic) bond motifs is 1. The van der Waals surface area contributed by atoms with Crippen molar-refractivity contribution in [2.45, 2.75) is 38.9 Å². The Morgan fingerprint density at radius 2 is 1.96 bits per heavy atom. The second-order valence-corrected chi connectivity index (χ2v) is 6.97. The number of aryl methyl sites for hydroxylation is 1. The molecule has 4 rings (SSSR count). The number of carbonyl (C=O) groups excluding carboxylic acids is 1. The number of rotatable bonds is 5. The highest BCUT2D eigenvalue weighted by Crippen LogP contribution is 2.27. The summed E-state index contributed by atoms with van der Waals surface area (Å²) in [6.45, 7) is 4.53. The van der Waals surface area contributed by atoms with Gasteiger partial charge in [-0.3, -0.25) is 14.8 Å². The topological polar surface area (TPSA) is 97.2 Å². The van der Waals surface area contributed by atoms with Crippen LogP contribution < -0.4 is 5.32 Å². The van der Waals surface area contributed by atoms with Gasteiger partial charge in [-0.05, 0) is 37.1 Å². The van der Waals surface area contributed by atoms with Crippen LogP contribution in [0.1, 0.15) is 37.1 Å². The molecule has 7 heteroatoms. The van der Waals surface area contributed by atoms with Crippen molar-refractivity contribution in [3.8, 4) is 11.3 Å². The SMILES string of the molecule is CCC(O)c1cc(C)c(-c2cc3cnc(NC(=O)[C@H]4CCO4)cc3cn2)cn1. The number of aliphatic hydroxyl groups is 1. The van der Waals surface area contributed by atoms with Crippen LogP contribution in [0.2, 0.25) is 0 Å². The molecule has 3 aromatic rings. The molecular formula is C21H22N4O3. The Bertz CT molecular complexity index is 1030. The summed E-state index contributed by atoms with van der Waals surface area (Å²) in [5.74, 6) is 0.317. The van der Waals surface area contributed by atoms with E-state index in [1.165, 1.54) is 0 Å². The van der Waals surface area contributed by atoms with Crippen molar-refractivity contribution in [3.05, 3.63) is 48.0 Å². The Morgan fingerprint density at radius 1 is 1.21 bits per heavy atom. The lowest BCUT2D eigenvalue weighted by atomic mass is 10.0. The monoisotopic (exact) mass is 378 g/mol. The normalized spacial score (nSPS) is 17.2. The van der Waals surface area contributed by atoms with E-state index in [1.54, 1.807) is 24.7 Å². The first-order chi connectivity index (χ1) is 13.5. The lowest BCUT2D eigenvalue weighted by Gasteiger charge is -2.24. The van der Waals surface area contributed by atoms with Gasteiger partial charge >= 0.3 is 0 Å². The number of hydrogen-bond donors (Lipinski definition) is 2. The fourth-order valence-corrected chi connectivity index (χ4v) is 3.14. The van der Waals surface area contributed by atoms with Gasteiger partial charge in [0, 0.05) is 41.3 Å². The second kappa shape index (κ2) is 7.61. The lowest BCUT2D eigenvalue weighted by molar-refractivity contribution is -0.139. The van der Waals surface area contributed by atoms with E-state index < -0.39 is 6.10 Å². The van der Waals surface area contributed by atoms with Crippen LogP contribution in [0.3, 0.4) is 0 Å².